The second kappa shape index (κ2) is 6.14. The number of thiophene rings is 1. The van der Waals surface area contributed by atoms with Gasteiger partial charge in [0.2, 0.25) is 0 Å². The van der Waals surface area contributed by atoms with Crippen LogP contribution in [-0.4, -0.2) is 23.9 Å². The fraction of sp³-hybridized carbons (Fsp3) is 0.583. The number of nitrogens with zero attached hydrogens (tertiary/aromatic N) is 1. The van der Waals surface area contributed by atoms with Crippen molar-refractivity contribution < 1.29 is 4.79 Å². The van der Waals surface area contributed by atoms with E-state index in [-0.39, 0.29) is 5.91 Å². The number of hydrogen-bond donors (Lipinski definition) is 2. The molecule has 0 aliphatic heterocycles. The second-order valence-corrected chi connectivity index (χ2v) is 5.81. The van der Waals surface area contributed by atoms with Gasteiger partial charge < -0.3 is 0 Å². The molecular weight excluding hydrogens is 234 g/mol. The van der Waals surface area contributed by atoms with Gasteiger partial charge in [-0.25, -0.2) is 5.84 Å². The zero-order chi connectivity index (χ0) is 13.0. The number of rotatable bonds is 5. The van der Waals surface area contributed by atoms with Crippen molar-refractivity contribution in [2.24, 2.45) is 11.8 Å². The minimum atomic E-state index is -0.221. The second-order valence-electron chi connectivity index (χ2n) is 4.64. The van der Waals surface area contributed by atoms with Gasteiger partial charge in [0.05, 0.1) is 4.88 Å². The number of carbonyl (C=O) groups excluding carboxylic acids is 1. The third-order valence-electron chi connectivity index (χ3n) is 3.08. The summed E-state index contributed by atoms with van der Waals surface area (Å²) in [5.41, 5.74) is 2.15. The van der Waals surface area contributed by atoms with Crippen molar-refractivity contribution in [3.8, 4) is 0 Å². The lowest BCUT2D eigenvalue weighted by Gasteiger charge is -2.27. The average molecular weight is 255 g/mol. The molecule has 0 saturated carbocycles. The highest BCUT2D eigenvalue weighted by Gasteiger charge is 2.15. The standard InChI is InChI=1S/C12H21N3OS/c1-8(2)9(3)15(4)7-10-5-6-11(17-10)12(16)14-13/h5-6,8-9H,7,13H2,1-4H3,(H,14,16). The molecule has 0 spiro atoms. The Morgan fingerprint density at radius 1 is 1.47 bits per heavy atom. The first-order chi connectivity index (χ1) is 7.95. The van der Waals surface area contributed by atoms with Crippen LogP contribution >= 0.6 is 11.3 Å². The summed E-state index contributed by atoms with van der Waals surface area (Å²) in [5.74, 6) is 5.50. The Labute approximate surface area is 107 Å². The van der Waals surface area contributed by atoms with E-state index in [4.69, 9.17) is 5.84 Å². The lowest BCUT2D eigenvalue weighted by atomic mass is 10.1. The van der Waals surface area contributed by atoms with Gasteiger partial charge in [-0.05, 0) is 32.0 Å². The number of hydrogen-bond acceptors (Lipinski definition) is 4. The van der Waals surface area contributed by atoms with Crippen LogP contribution in [-0.2, 0) is 6.54 Å². The maximum Gasteiger partial charge on any atom is 0.275 e. The van der Waals surface area contributed by atoms with Crippen LogP contribution in [0.1, 0.15) is 35.3 Å². The molecule has 0 aliphatic carbocycles. The van der Waals surface area contributed by atoms with Crippen LogP contribution in [0.15, 0.2) is 12.1 Å². The van der Waals surface area contributed by atoms with E-state index < -0.39 is 0 Å². The summed E-state index contributed by atoms with van der Waals surface area (Å²) in [6.07, 6.45) is 0. The largest absolute Gasteiger partial charge is 0.298 e. The highest BCUT2D eigenvalue weighted by Crippen LogP contribution is 2.19. The number of nitrogens with one attached hydrogen (secondary N) is 1. The smallest absolute Gasteiger partial charge is 0.275 e. The number of nitrogen functional groups attached to an aromatic ring is 1. The highest BCUT2D eigenvalue weighted by molar-refractivity contribution is 7.14. The summed E-state index contributed by atoms with van der Waals surface area (Å²) in [5, 5.41) is 0. The average Bonchev–Trinajstić information content (AvgIpc) is 2.75. The van der Waals surface area contributed by atoms with E-state index in [1.165, 1.54) is 16.2 Å². The van der Waals surface area contributed by atoms with Gasteiger partial charge in [-0.2, -0.15) is 0 Å². The maximum atomic E-state index is 11.3. The fourth-order valence-electron chi connectivity index (χ4n) is 1.55. The molecule has 1 amide bonds. The normalized spacial score (nSPS) is 13.1. The molecule has 0 aliphatic rings. The van der Waals surface area contributed by atoms with E-state index >= 15 is 0 Å². The molecule has 1 rings (SSSR count). The molecule has 0 radical (unpaired) electrons. The SMILES string of the molecule is CC(C)C(C)N(C)Cc1ccc(C(=O)NN)s1. The van der Waals surface area contributed by atoms with Crippen molar-refractivity contribution >= 4 is 17.2 Å². The molecule has 0 fully saturated rings. The number of carbonyl (C=O) groups is 1. The van der Waals surface area contributed by atoms with E-state index in [0.29, 0.717) is 16.8 Å². The molecule has 17 heavy (non-hydrogen) atoms. The van der Waals surface area contributed by atoms with Crippen molar-refractivity contribution in [2.75, 3.05) is 7.05 Å². The van der Waals surface area contributed by atoms with Gasteiger partial charge in [0.1, 0.15) is 0 Å². The number of hydrazine groups is 1. The predicted molar refractivity (Wildman–Crippen MR) is 71.7 cm³/mol. The molecule has 1 atom stereocenters. The first-order valence-corrected chi connectivity index (χ1v) is 6.57. The first-order valence-electron chi connectivity index (χ1n) is 5.75. The lowest BCUT2D eigenvalue weighted by molar-refractivity contribution is 0.0957. The van der Waals surface area contributed by atoms with E-state index in [1.54, 1.807) is 0 Å². The van der Waals surface area contributed by atoms with Crippen molar-refractivity contribution in [2.45, 2.75) is 33.4 Å². The molecule has 0 saturated heterocycles. The van der Waals surface area contributed by atoms with Crippen LogP contribution in [0.3, 0.4) is 0 Å². The zero-order valence-corrected chi connectivity index (χ0v) is 11.7. The van der Waals surface area contributed by atoms with E-state index in [2.05, 4.69) is 38.1 Å². The molecule has 96 valence electrons. The summed E-state index contributed by atoms with van der Waals surface area (Å²) in [4.78, 5) is 15.4. The van der Waals surface area contributed by atoms with Crippen LogP contribution in [0, 0.1) is 5.92 Å². The van der Waals surface area contributed by atoms with Gasteiger partial charge in [-0.3, -0.25) is 15.1 Å². The number of nitrogens with two attached hydrogens (primary N) is 1. The minimum absolute atomic E-state index is 0.221. The van der Waals surface area contributed by atoms with Crippen molar-refractivity contribution in [1.29, 1.82) is 0 Å². The van der Waals surface area contributed by atoms with Crippen LogP contribution < -0.4 is 11.3 Å². The van der Waals surface area contributed by atoms with E-state index in [1.807, 2.05) is 12.1 Å². The fourth-order valence-corrected chi connectivity index (χ4v) is 2.53. The number of amides is 1. The zero-order valence-electron chi connectivity index (χ0n) is 10.9. The molecule has 0 bridgehead atoms. The third-order valence-corrected chi connectivity index (χ3v) is 4.15. The molecule has 4 nitrogen and oxygen atoms in total. The van der Waals surface area contributed by atoms with Gasteiger partial charge in [0.25, 0.3) is 5.91 Å². The molecule has 1 aromatic rings. The monoisotopic (exact) mass is 255 g/mol. The summed E-state index contributed by atoms with van der Waals surface area (Å²) >= 11 is 1.49. The van der Waals surface area contributed by atoms with E-state index in [9.17, 15) is 4.79 Å². The van der Waals surface area contributed by atoms with Gasteiger partial charge in [-0.1, -0.05) is 13.8 Å². The lowest BCUT2D eigenvalue weighted by Crippen LogP contribution is -2.32. The topological polar surface area (TPSA) is 58.4 Å². The van der Waals surface area contributed by atoms with Crippen molar-refractivity contribution in [3.63, 3.8) is 0 Å². The summed E-state index contributed by atoms with van der Waals surface area (Å²) in [6, 6.07) is 4.32. The van der Waals surface area contributed by atoms with Crippen LogP contribution in [0.5, 0.6) is 0 Å². The van der Waals surface area contributed by atoms with Gasteiger partial charge in [-0.15, -0.1) is 11.3 Å². The minimum Gasteiger partial charge on any atom is -0.298 e. The van der Waals surface area contributed by atoms with Crippen molar-refractivity contribution in [1.82, 2.24) is 10.3 Å². The Balaban J connectivity index is 2.63. The Kier molecular flexibility index (Phi) is 5.11. The summed E-state index contributed by atoms with van der Waals surface area (Å²) in [6.45, 7) is 7.50. The van der Waals surface area contributed by atoms with Crippen LogP contribution in [0.25, 0.3) is 0 Å². The van der Waals surface area contributed by atoms with Crippen LogP contribution in [0.2, 0.25) is 0 Å². The van der Waals surface area contributed by atoms with Crippen LogP contribution in [0.4, 0.5) is 0 Å². The van der Waals surface area contributed by atoms with Gasteiger partial charge >= 0.3 is 0 Å². The first kappa shape index (κ1) is 14.2. The predicted octanol–water partition coefficient (Wildman–Crippen LogP) is 1.83. The van der Waals surface area contributed by atoms with Gasteiger partial charge in [0, 0.05) is 17.5 Å². The molecule has 1 heterocycles. The molecule has 0 aromatic carbocycles. The molecular formula is C12H21N3OS. The Hall–Kier alpha value is -0.910. The third kappa shape index (κ3) is 3.80. The summed E-state index contributed by atoms with van der Waals surface area (Å²) in [7, 11) is 2.10. The molecule has 5 heteroatoms. The molecule has 3 N–H and O–H groups in total. The van der Waals surface area contributed by atoms with Crippen molar-refractivity contribution in [3.05, 3.63) is 21.9 Å². The Morgan fingerprint density at radius 2 is 2.12 bits per heavy atom. The highest BCUT2D eigenvalue weighted by atomic mass is 32.1. The Morgan fingerprint density at radius 3 is 2.65 bits per heavy atom. The Bertz CT molecular complexity index is 376. The van der Waals surface area contributed by atoms with E-state index in [0.717, 1.165) is 6.54 Å². The molecule has 1 aromatic heterocycles. The quantitative estimate of drug-likeness (QED) is 0.479. The maximum absolute atomic E-state index is 11.3. The summed E-state index contributed by atoms with van der Waals surface area (Å²) < 4.78 is 0. The molecule has 1 unspecified atom stereocenters. The van der Waals surface area contributed by atoms with Gasteiger partial charge in [0.15, 0.2) is 0 Å².